The van der Waals surface area contributed by atoms with Gasteiger partial charge in [-0.25, -0.2) is 0 Å². The van der Waals surface area contributed by atoms with Crippen LogP contribution in [0.25, 0.3) is 0 Å². The third-order valence-electron chi connectivity index (χ3n) is 2.50. The van der Waals surface area contributed by atoms with Gasteiger partial charge >= 0.3 is 0 Å². The lowest BCUT2D eigenvalue weighted by Crippen LogP contribution is -2.43. The monoisotopic (exact) mass is 183 g/mol. The molecular weight excluding hydrogens is 162 g/mol. The Balaban J connectivity index is 2.80. The molecule has 0 unspecified atom stereocenters. The minimum Gasteiger partial charge on any atom is -0.304 e. The van der Waals surface area contributed by atoms with Crippen molar-refractivity contribution in [3.8, 4) is 0 Å². The lowest BCUT2D eigenvalue weighted by atomic mass is 10.2. The largest absolute Gasteiger partial charge is 0.304 e. The highest BCUT2D eigenvalue weighted by Crippen LogP contribution is 2.22. The summed E-state index contributed by atoms with van der Waals surface area (Å²) in [5.74, 6) is 0. The van der Waals surface area contributed by atoms with Crippen LogP contribution in [0.4, 0.5) is 0 Å². The lowest BCUT2D eigenvalue weighted by molar-refractivity contribution is 0.00365. The van der Waals surface area contributed by atoms with E-state index in [1.807, 2.05) is 0 Å². The summed E-state index contributed by atoms with van der Waals surface area (Å²) in [7, 11) is 0. The summed E-state index contributed by atoms with van der Waals surface area (Å²) in [5, 5.41) is 4.52. The standard InChI is InChI=1S/C10H21N3/c1-5-9-10(6-2)12(7-3)13(8-4)11-9/h11H,5-8H2,1-4H3. The van der Waals surface area contributed by atoms with Crippen LogP contribution in [0.1, 0.15) is 40.5 Å². The maximum Gasteiger partial charge on any atom is 0.0514 e. The molecular formula is C10H21N3. The topological polar surface area (TPSA) is 18.5 Å². The molecule has 0 bridgehead atoms. The zero-order valence-corrected chi connectivity index (χ0v) is 9.22. The smallest absolute Gasteiger partial charge is 0.0514 e. The number of allylic oxidation sites excluding steroid dienone is 2. The summed E-state index contributed by atoms with van der Waals surface area (Å²) in [6.07, 6.45) is 2.21. The molecule has 1 aliphatic heterocycles. The Bertz CT molecular complexity index is 198. The van der Waals surface area contributed by atoms with Crippen LogP contribution >= 0.6 is 0 Å². The Morgan fingerprint density at radius 1 is 1.00 bits per heavy atom. The van der Waals surface area contributed by atoms with E-state index in [0.717, 1.165) is 25.9 Å². The molecule has 0 atom stereocenters. The van der Waals surface area contributed by atoms with Crippen LogP contribution in [0, 0.1) is 0 Å². The number of hydrogen-bond donors (Lipinski definition) is 1. The zero-order valence-electron chi connectivity index (χ0n) is 9.22. The summed E-state index contributed by atoms with van der Waals surface area (Å²) in [6, 6.07) is 0. The van der Waals surface area contributed by atoms with Crippen LogP contribution in [0.5, 0.6) is 0 Å². The maximum absolute atomic E-state index is 3.43. The molecule has 0 radical (unpaired) electrons. The molecule has 0 aromatic rings. The first-order valence-corrected chi connectivity index (χ1v) is 5.32. The predicted octanol–water partition coefficient (Wildman–Crippen LogP) is 2.10. The first kappa shape index (κ1) is 10.4. The number of nitrogens with zero attached hydrogens (tertiary/aromatic N) is 2. The molecule has 1 heterocycles. The van der Waals surface area contributed by atoms with Gasteiger partial charge < -0.3 is 5.43 Å². The van der Waals surface area contributed by atoms with Crippen molar-refractivity contribution in [3.63, 3.8) is 0 Å². The molecule has 1 N–H and O–H groups in total. The molecule has 0 saturated heterocycles. The first-order chi connectivity index (χ1) is 6.28. The minimum atomic E-state index is 1.01. The molecule has 0 amide bonds. The maximum atomic E-state index is 3.43. The van der Waals surface area contributed by atoms with Crippen molar-refractivity contribution in [1.29, 1.82) is 0 Å². The van der Waals surface area contributed by atoms with Crippen molar-refractivity contribution in [3.05, 3.63) is 11.4 Å². The van der Waals surface area contributed by atoms with Crippen molar-refractivity contribution in [2.75, 3.05) is 13.1 Å². The van der Waals surface area contributed by atoms with Gasteiger partial charge in [0.15, 0.2) is 0 Å². The van der Waals surface area contributed by atoms with Gasteiger partial charge in [0.1, 0.15) is 0 Å². The van der Waals surface area contributed by atoms with E-state index in [9.17, 15) is 0 Å². The molecule has 13 heavy (non-hydrogen) atoms. The van der Waals surface area contributed by atoms with Gasteiger partial charge in [-0.1, -0.05) is 13.8 Å². The number of rotatable bonds is 4. The Hall–Kier alpha value is -0.700. The molecule has 0 saturated carbocycles. The van der Waals surface area contributed by atoms with E-state index in [1.54, 1.807) is 0 Å². The van der Waals surface area contributed by atoms with Crippen LogP contribution in [0.15, 0.2) is 11.4 Å². The Labute approximate surface area is 81.3 Å². The molecule has 0 fully saturated rings. The van der Waals surface area contributed by atoms with Crippen molar-refractivity contribution < 1.29 is 0 Å². The zero-order chi connectivity index (χ0) is 9.84. The van der Waals surface area contributed by atoms with Crippen LogP contribution in [0.3, 0.4) is 0 Å². The van der Waals surface area contributed by atoms with E-state index in [-0.39, 0.29) is 0 Å². The van der Waals surface area contributed by atoms with Gasteiger partial charge in [0, 0.05) is 18.8 Å². The average molecular weight is 183 g/mol. The number of hydrazine groups is 2. The van der Waals surface area contributed by atoms with E-state index in [0.29, 0.717) is 0 Å². The normalized spacial score (nSPS) is 18.3. The van der Waals surface area contributed by atoms with Gasteiger partial charge in [-0.3, -0.25) is 5.01 Å². The molecule has 0 aromatic heterocycles. The quantitative estimate of drug-likeness (QED) is 0.720. The van der Waals surface area contributed by atoms with E-state index in [4.69, 9.17) is 0 Å². The van der Waals surface area contributed by atoms with Crippen LogP contribution < -0.4 is 5.43 Å². The number of nitrogens with one attached hydrogen (secondary N) is 1. The summed E-state index contributed by atoms with van der Waals surface area (Å²) < 4.78 is 0. The van der Waals surface area contributed by atoms with Crippen molar-refractivity contribution in [2.24, 2.45) is 0 Å². The molecule has 1 aliphatic rings. The van der Waals surface area contributed by atoms with E-state index >= 15 is 0 Å². The van der Waals surface area contributed by atoms with Crippen molar-refractivity contribution in [2.45, 2.75) is 40.5 Å². The Kier molecular flexibility index (Phi) is 3.60. The van der Waals surface area contributed by atoms with Gasteiger partial charge in [-0.2, -0.15) is 0 Å². The molecule has 76 valence electrons. The van der Waals surface area contributed by atoms with Crippen LogP contribution in [-0.4, -0.2) is 23.2 Å². The summed E-state index contributed by atoms with van der Waals surface area (Å²) in [6.45, 7) is 10.8. The van der Waals surface area contributed by atoms with E-state index in [2.05, 4.69) is 43.2 Å². The highest BCUT2D eigenvalue weighted by Gasteiger charge is 2.24. The predicted molar refractivity (Wildman–Crippen MR) is 55.5 cm³/mol. The number of hydrogen-bond acceptors (Lipinski definition) is 3. The van der Waals surface area contributed by atoms with Gasteiger partial charge in [-0.05, 0) is 26.7 Å². The molecule has 0 spiro atoms. The second-order valence-corrected chi connectivity index (χ2v) is 3.18. The van der Waals surface area contributed by atoms with Crippen molar-refractivity contribution >= 4 is 0 Å². The van der Waals surface area contributed by atoms with Gasteiger partial charge in [0.2, 0.25) is 0 Å². The third kappa shape index (κ3) is 1.80. The molecule has 1 rings (SSSR count). The Morgan fingerprint density at radius 3 is 2.08 bits per heavy atom. The van der Waals surface area contributed by atoms with Crippen LogP contribution in [-0.2, 0) is 0 Å². The highest BCUT2D eigenvalue weighted by atomic mass is 15.8. The second-order valence-electron chi connectivity index (χ2n) is 3.18. The fourth-order valence-corrected chi connectivity index (χ4v) is 1.87. The lowest BCUT2D eigenvalue weighted by Gasteiger charge is -2.28. The highest BCUT2D eigenvalue weighted by molar-refractivity contribution is 5.13. The van der Waals surface area contributed by atoms with Gasteiger partial charge in [0.25, 0.3) is 0 Å². The van der Waals surface area contributed by atoms with Crippen LogP contribution in [0.2, 0.25) is 0 Å². The summed E-state index contributed by atoms with van der Waals surface area (Å²) in [5.41, 5.74) is 6.26. The van der Waals surface area contributed by atoms with E-state index < -0.39 is 0 Å². The third-order valence-corrected chi connectivity index (χ3v) is 2.50. The molecule has 0 aliphatic carbocycles. The molecule has 0 aromatic carbocycles. The van der Waals surface area contributed by atoms with Gasteiger partial charge in [0.05, 0.1) is 5.70 Å². The van der Waals surface area contributed by atoms with Crippen molar-refractivity contribution in [1.82, 2.24) is 15.6 Å². The fraction of sp³-hybridized carbons (Fsp3) is 0.800. The SMILES string of the molecule is CCC1=C(CC)N(CC)N(CC)N1. The Morgan fingerprint density at radius 2 is 1.69 bits per heavy atom. The minimum absolute atomic E-state index is 1.01. The molecule has 3 nitrogen and oxygen atoms in total. The average Bonchev–Trinajstić information content (AvgIpc) is 2.54. The fourth-order valence-electron chi connectivity index (χ4n) is 1.87. The van der Waals surface area contributed by atoms with Gasteiger partial charge in [-0.15, -0.1) is 5.12 Å². The van der Waals surface area contributed by atoms with E-state index in [1.165, 1.54) is 11.4 Å². The first-order valence-electron chi connectivity index (χ1n) is 5.32. The second kappa shape index (κ2) is 4.51. The summed E-state index contributed by atoms with van der Waals surface area (Å²) in [4.78, 5) is 0. The summed E-state index contributed by atoms with van der Waals surface area (Å²) >= 11 is 0. The molecule has 3 heteroatoms.